The number of halogens is 2. The zero-order chi connectivity index (χ0) is 16.2. The molecule has 0 aliphatic carbocycles. The van der Waals surface area contributed by atoms with Gasteiger partial charge in [0.25, 0.3) is 0 Å². The van der Waals surface area contributed by atoms with Gasteiger partial charge in [-0.25, -0.2) is 21.9 Å². The highest BCUT2D eigenvalue weighted by molar-refractivity contribution is 7.89. The fraction of sp³-hybridized carbons (Fsp3) is 0.429. The summed E-state index contributed by atoms with van der Waals surface area (Å²) in [6.07, 6.45) is 0. The summed E-state index contributed by atoms with van der Waals surface area (Å²) in [5.41, 5.74) is -0.329. The monoisotopic (exact) mass is 317 g/mol. The van der Waals surface area contributed by atoms with Gasteiger partial charge in [-0.2, -0.15) is 0 Å². The standard InChI is InChI=1S/C14H17F2NO3S/c1-9(2)10(3)17-21(19,20)14-11(5-4-6-18)7-12(15)8-13(14)16/h7-10,17-18H,6H2,1-3H3. The van der Waals surface area contributed by atoms with Gasteiger partial charge < -0.3 is 5.11 Å². The van der Waals surface area contributed by atoms with Gasteiger partial charge in [-0.05, 0) is 18.9 Å². The normalized spacial score (nSPS) is 12.9. The number of hydrogen-bond donors (Lipinski definition) is 2. The van der Waals surface area contributed by atoms with Gasteiger partial charge >= 0.3 is 0 Å². The van der Waals surface area contributed by atoms with Gasteiger partial charge in [-0.1, -0.05) is 25.7 Å². The van der Waals surface area contributed by atoms with Crippen molar-refractivity contribution >= 4 is 10.0 Å². The molecule has 1 rings (SSSR count). The summed E-state index contributed by atoms with van der Waals surface area (Å²) in [4.78, 5) is -0.711. The predicted octanol–water partition coefficient (Wildman–Crippen LogP) is 1.63. The van der Waals surface area contributed by atoms with Gasteiger partial charge in [0.2, 0.25) is 10.0 Å². The smallest absolute Gasteiger partial charge is 0.244 e. The maximum atomic E-state index is 13.9. The van der Waals surface area contributed by atoms with E-state index in [4.69, 9.17) is 5.11 Å². The van der Waals surface area contributed by atoms with Gasteiger partial charge in [0.1, 0.15) is 23.1 Å². The highest BCUT2D eigenvalue weighted by atomic mass is 32.2. The number of sulfonamides is 1. The van der Waals surface area contributed by atoms with Crippen molar-refractivity contribution < 1.29 is 22.3 Å². The molecule has 7 heteroatoms. The van der Waals surface area contributed by atoms with Crippen LogP contribution in [0.1, 0.15) is 26.3 Å². The summed E-state index contributed by atoms with van der Waals surface area (Å²) >= 11 is 0. The lowest BCUT2D eigenvalue weighted by Gasteiger charge is -2.18. The minimum atomic E-state index is -4.19. The van der Waals surface area contributed by atoms with E-state index in [0.29, 0.717) is 6.07 Å². The average Bonchev–Trinajstić information content (AvgIpc) is 2.34. The molecule has 4 nitrogen and oxygen atoms in total. The second-order valence-corrected chi connectivity index (χ2v) is 6.53. The molecular formula is C14H17F2NO3S. The third kappa shape index (κ3) is 4.49. The van der Waals surface area contributed by atoms with Crippen molar-refractivity contribution in [2.24, 2.45) is 5.92 Å². The molecule has 1 aromatic carbocycles. The third-order valence-electron chi connectivity index (χ3n) is 2.92. The van der Waals surface area contributed by atoms with Crippen LogP contribution >= 0.6 is 0 Å². The molecule has 0 heterocycles. The van der Waals surface area contributed by atoms with E-state index >= 15 is 0 Å². The Kier molecular flexibility index (Phi) is 5.84. The second-order valence-electron chi connectivity index (χ2n) is 4.88. The van der Waals surface area contributed by atoms with E-state index in [1.54, 1.807) is 20.8 Å². The molecule has 0 amide bonds. The van der Waals surface area contributed by atoms with Crippen molar-refractivity contribution in [3.63, 3.8) is 0 Å². The van der Waals surface area contributed by atoms with Gasteiger partial charge in [-0.3, -0.25) is 0 Å². The number of rotatable bonds is 4. The van der Waals surface area contributed by atoms with Crippen LogP contribution in [0.4, 0.5) is 8.78 Å². The topological polar surface area (TPSA) is 66.4 Å². The second kappa shape index (κ2) is 6.98. The van der Waals surface area contributed by atoms with Gasteiger partial charge in [0.15, 0.2) is 0 Å². The van der Waals surface area contributed by atoms with Crippen LogP contribution in [0.15, 0.2) is 17.0 Å². The lowest BCUT2D eigenvalue weighted by molar-refractivity contribution is 0.350. The lowest BCUT2D eigenvalue weighted by atomic mass is 10.1. The quantitative estimate of drug-likeness (QED) is 0.830. The summed E-state index contributed by atoms with van der Waals surface area (Å²) in [6.45, 7) is 4.71. The molecule has 1 unspecified atom stereocenters. The fourth-order valence-electron chi connectivity index (χ4n) is 1.50. The summed E-state index contributed by atoms with van der Waals surface area (Å²) in [7, 11) is -4.19. The van der Waals surface area contributed by atoms with Crippen LogP contribution in [-0.4, -0.2) is 26.2 Å². The number of aliphatic hydroxyl groups is 1. The summed E-state index contributed by atoms with van der Waals surface area (Å²) in [5, 5.41) is 8.65. The van der Waals surface area contributed by atoms with Crippen LogP contribution in [0.3, 0.4) is 0 Å². The summed E-state index contributed by atoms with van der Waals surface area (Å²) in [6, 6.07) is 0.872. The molecule has 21 heavy (non-hydrogen) atoms. The predicted molar refractivity (Wildman–Crippen MR) is 74.9 cm³/mol. The zero-order valence-electron chi connectivity index (χ0n) is 11.9. The van der Waals surface area contributed by atoms with Crippen molar-refractivity contribution in [1.29, 1.82) is 0 Å². The lowest BCUT2D eigenvalue weighted by Crippen LogP contribution is -2.36. The van der Waals surface area contributed by atoms with E-state index in [2.05, 4.69) is 16.6 Å². The molecule has 0 aliphatic heterocycles. The SMILES string of the molecule is CC(C)C(C)NS(=O)(=O)c1c(F)cc(F)cc1C#CCO. The van der Waals surface area contributed by atoms with E-state index in [1.165, 1.54) is 0 Å². The van der Waals surface area contributed by atoms with Crippen molar-refractivity contribution in [2.75, 3.05) is 6.61 Å². The van der Waals surface area contributed by atoms with E-state index in [1.807, 2.05) is 0 Å². The average molecular weight is 317 g/mol. The first-order valence-electron chi connectivity index (χ1n) is 6.30. The van der Waals surface area contributed by atoms with Gasteiger partial charge in [0.05, 0.1) is 5.56 Å². The maximum absolute atomic E-state index is 13.9. The largest absolute Gasteiger partial charge is 0.384 e. The Labute approximate surface area is 123 Å². The van der Waals surface area contributed by atoms with Crippen molar-refractivity contribution in [3.8, 4) is 11.8 Å². The van der Waals surface area contributed by atoms with Gasteiger partial charge in [-0.15, -0.1) is 0 Å². The summed E-state index contributed by atoms with van der Waals surface area (Å²) < 4.78 is 54.0. The highest BCUT2D eigenvalue weighted by Gasteiger charge is 2.26. The Morgan fingerprint density at radius 1 is 1.29 bits per heavy atom. The Bertz CT molecular complexity index is 675. The molecule has 0 fully saturated rings. The number of aliphatic hydroxyl groups excluding tert-OH is 1. The highest BCUT2D eigenvalue weighted by Crippen LogP contribution is 2.21. The molecule has 0 spiro atoms. The first kappa shape index (κ1) is 17.6. The molecular weight excluding hydrogens is 300 g/mol. The van der Waals surface area contributed by atoms with E-state index in [9.17, 15) is 17.2 Å². The molecule has 0 radical (unpaired) electrons. The molecule has 0 saturated heterocycles. The van der Waals surface area contributed by atoms with Crippen LogP contribution < -0.4 is 4.72 Å². The first-order chi connectivity index (χ1) is 9.69. The van der Waals surface area contributed by atoms with Crippen LogP contribution in [0.2, 0.25) is 0 Å². The zero-order valence-corrected chi connectivity index (χ0v) is 12.8. The van der Waals surface area contributed by atoms with Crippen LogP contribution in [-0.2, 0) is 10.0 Å². The molecule has 116 valence electrons. The molecule has 2 N–H and O–H groups in total. The molecule has 0 aromatic heterocycles. The van der Waals surface area contributed by atoms with Crippen LogP contribution in [0.5, 0.6) is 0 Å². The van der Waals surface area contributed by atoms with Crippen LogP contribution in [0.25, 0.3) is 0 Å². The minimum Gasteiger partial charge on any atom is -0.384 e. The third-order valence-corrected chi connectivity index (χ3v) is 4.55. The minimum absolute atomic E-state index is 0.00439. The number of nitrogens with one attached hydrogen (secondary N) is 1. The number of benzene rings is 1. The molecule has 0 saturated carbocycles. The van der Waals surface area contributed by atoms with Crippen LogP contribution in [0, 0.1) is 29.4 Å². The molecule has 1 atom stereocenters. The Morgan fingerprint density at radius 2 is 1.90 bits per heavy atom. The number of hydrogen-bond acceptors (Lipinski definition) is 3. The molecule has 0 bridgehead atoms. The Balaban J connectivity index is 3.40. The fourth-order valence-corrected chi connectivity index (χ4v) is 3.10. The van der Waals surface area contributed by atoms with Crippen molar-refractivity contribution in [1.82, 2.24) is 4.72 Å². The van der Waals surface area contributed by atoms with Crippen molar-refractivity contribution in [3.05, 3.63) is 29.3 Å². The molecule has 1 aromatic rings. The summed E-state index contributed by atoms with van der Waals surface area (Å²) in [5.74, 6) is 2.28. The molecule has 0 aliphatic rings. The maximum Gasteiger partial charge on any atom is 0.244 e. The Morgan fingerprint density at radius 3 is 2.43 bits per heavy atom. The van der Waals surface area contributed by atoms with E-state index in [-0.39, 0.29) is 11.5 Å². The van der Waals surface area contributed by atoms with Crippen molar-refractivity contribution in [2.45, 2.75) is 31.7 Å². The van der Waals surface area contributed by atoms with E-state index in [0.717, 1.165) is 6.07 Å². The first-order valence-corrected chi connectivity index (χ1v) is 7.78. The van der Waals surface area contributed by atoms with E-state index < -0.39 is 39.2 Å². The Hall–Kier alpha value is -1.49. The van der Waals surface area contributed by atoms with Gasteiger partial charge in [0, 0.05) is 12.1 Å².